The number of halogens is 5. The molecule has 1 heterocycles. The predicted octanol–water partition coefficient (Wildman–Crippen LogP) is 6.64. The van der Waals surface area contributed by atoms with Crippen molar-refractivity contribution in [2.45, 2.75) is 11.1 Å². The Kier molecular flexibility index (Phi) is 6.40. The van der Waals surface area contributed by atoms with Crippen molar-refractivity contribution >= 4 is 60.5 Å². The number of hydrogen-bond donors (Lipinski definition) is 1. The molecule has 0 aliphatic carbocycles. The summed E-state index contributed by atoms with van der Waals surface area (Å²) < 4.78 is 69.9. The average Bonchev–Trinajstić information content (AvgIpc) is 3.16. The lowest BCUT2D eigenvalue weighted by atomic mass is 10.0. The van der Waals surface area contributed by atoms with Gasteiger partial charge >= 0.3 is 6.18 Å². The number of alkyl halides is 3. The van der Waals surface area contributed by atoms with Crippen LogP contribution in [0.1, 0.15) is 5.56 Å². The fourth-order valence-corrected chi connectivity index (χ4v) is 5.24. The van der Waals surface area contributed by atoms with E-state index in [0.29, 0.717) is 22.3 Å². The first-order chi connectivity index (χ1) is 16.2. The molecule has 0 aliphatic rings. The molecular formula is C20H10Cl2F3N3O5S2. The fraction of sp³-hybridized carbons (Fsp3) is 0.0500. The molecule has 0 spiro atoms. The van der Waals surface area contributed by atoms with Crippen molar-refractivity contribution in [1.82, 2.24) is 4.98 Å². The van der Waals surface area contributed by atoms with Crippen molar-refractivity contribution in [2.75, 3.05) is 0 Å². The lowest BCUT2D eigenvalue weighted by Crippen LogP contribution is -2.15. The molecule has 35 heavy (non-hydrogen) atoms. The minimum absolute atomic E-state index is 0.0429. The molecule has 3 aromatic carbocycles. The zero-order chi connectivity index (χ0) is 25.7. The molecule has 0 atom stereocenters. The largest absolute Gasteiger partial charge is 0.428 e. The Hall–Kier alpha value is -2.97. The van der Waals surface area contributed by atoms with Crippen LogP contribution < -0.4 is 9.88 Å². The van der Waals surface area contributed by atoms with E-state index in [1.54, 1.807) is 0 Å². The van der Waals surface area contributed by atoms with E-state index in [2.05, 4.69) is 4.98 Å². The minimum atomic E-state index is -4.75. The monoisotopic (exact) mass is 563 g/mol. The van der Waals surface area contributed by atoms with Crippen LogP contribution in [0.3, 0.4) is 0 Å². The molecular weight excluding hydrogens is 554 g/mol. The second-order valence-electron chi connectivity index (χ2n) is 7.01. The zero-order valence-electron chi connectivity index (χ0n) is 16.8. The van der Waals surface area contributed by atoms with E-state index in [1.165, 1.54) is 30.3 Å². The summed E-state index contributed by atoms with van der Waals surface area (Å²) in [7, 11) is -4.39. The number of nitro benzene ring substituents is 1. The van der Waals surface area contributed by atoms with Gasteiger partial charge < -0.3 is 4.74 Å². The highest BCUT2D eigenvalue weighted by atomic mass is 35.5. The van der Waals surface area contributed by atoms with Gasteiger partial charge in [-0.05, 0) is 42.0 Å². The molecule has 0 aliphatic heterocycles. The molecule has 2 N–H and O–H groups in total. The third-order valence-corrected chi connectivity index (χ3v) is 7.12. The van der Waals surface area contributed by atoms with Gasteiger partial charge in [0.2, 0.25) is 10.0 Å². The Labute approximate surface area is 208 Å². The summed E-state index contributed by atoms with van der Waals surface area (Å²) in [5, 5.41) is 15.9. The summed E-state index contributed by atoms with van der Waals surface area (Å²) in [5.41, 5.74) is -1.38. The fourth-order valence-electron chi connectivity index (χ4n) is 3.13. The van der Waals surface area contributed by atoms with Crippen LogP contribution in [0.5, 0.6) is 10.9 Å². The van der Waals surface area contributed by atoms with Crippen molar-refractivity contribution < 1.29 is 31.2 Å². The minimum Gasteiger partial charge on any atom is -0.428 e. The second-order valence-corrected chi connectivity index (χ2v) is 10.4. The van der Waals surface area contributed by atoms with E-state index in [9.17, 15) is 31.7 Å². The average molecular weight is 564 g/mol. The van der Waals surface area contributed by atoms with E-state index in [-0.39, 0.29) is 37.8 Å². The number of nitro groups is 1. The van der Waals surface area contributed by atoms with Crippen molar-refractivity contribution in [3.8, 4) is 22.1 Å². The first kappa shape index (κ1) is 25.1. The number of nitrogens with zero attached hydrogens (tertiary/aromatic N) is 2. The number of rotatable bonds is 5. The van der Waals surface area contributed by atoms with Crippen molar-refractivity contribution in [2.24, 2.45) is 5.14 Å². The van der Waals surface area contributed by atoms with Gasteiger partial charge in [-0.1, -0.05) is 34.5 Å². The zero-order valence-corrected chi connectivity index (χ0v) is 20.0. The molecule has 1 aromatic heterocycles. The molecule has 182 valence electrons. The van der Waals surface area contributed by atoms with Gasteiger partial charge in [-0.15, -0.1) is 0 Å². The summed E-state index contributed by atoms with van der Waals surface area (Å²) in [5.74, 6) is -0.102. The van der Waals surface area contributed by atoms with Crippen LogP contribution in [-0.2, 0) is 16.2 Å². The molecule has 0 fully saturated rings. The van der Waals surface area contributed by atoms with Crippen molar-refractivity contribution in [1.29, 1.82) is 0 Å². The summed E-state index contributed by atoms with van der Waals surface area (Å²) in [6.07, 6.45) is -4.75. The van der Waals surface area contributed by atoms with Gasteiger partial charge in [0.05, 0.1) is 35.6 Å². The number of aromatic nitrogens is 1. The van der Waals surface area contributed by atoms with Gasteiger partial charge in [0, 0.05) is 17.7 Å². The third-order valence-electron chi connectivity index (χ3n) is 4.67. The summed E-state index contributed by atoms with van der Waals surface area (Å²) in [6, 6.07) is 8.37. The number of primary sulfonamides is 1. The Morgan fingerprint density at radius 3 is 2.29 bits per heavy atom. The Morgan fingerprint density at radius 1 is 1.06 bits per heavy atom. The van der Waals surface area contributed by atoms with Crippen molar-refractivity contribution in [3.63, 3.8) is 0 Å². The third kappa shape index (κ3) is 5.18. The molecule has 0 radical (unpaired) electrons. The summed E-state index contributed by atoms with van der Waals surface area (Å²) in [4.78, 5) is 14.0. The molecule has 0 unspecified atom stereocenters. The highest BCUT2D eigenvalue weighted by molar-refractivity contribution is 7.89. The van der Waals surface area contributed by atoms with Crippen LogP contribution in [0.25, 0.3) is 21.3 Å². The van der Waals surface area contributed by atoms with Gasteiger partial charge in [0.15, 0.2) is 5.75 Å². The quantitative estimate of drug-likeness (QED) is 0.214. The molecule has 0 amide bonds. The van der Waals surface area contributed by atoms with Crippen LogP contribution in [0, 0.1) is 10.1 Å². The Balaban J connectivity index is 1.77. The number of thiazole rings is 1. The van der Waals surface area contributed by atoms with Crippen LogP contribution >= 0.6 is 34.5 Å². The topological polar surface area (TPSA) is 125 Å². The van der Waals surface area contributed by atoms with Crippen LogP contribution in [-0.4, -0.2) is 18.3 Å². The number of benzene rings is 3. The molecule has 4 rings (SSSR count). The summed E-state index contributed by atoms with van der Waals surface area (Å²) >= 11 is 13.6. The van der Waals surface area contributed by atoms with Crippen LogP contribution in [0.2, 0.25) is 10.0 Å². The molecule has 0 saturated carbocycles. The number of fused-ring (bicyclic) bond motifs is 1. The molecule has 0 saturated heterocycles. The maximum atomic E-state index is 13.2. The standard InChI is InChI=1S/C20H10Cl2F3N3O5S2/c21-13-5-9(12-7-10(20(23,24)25)1-4-17(12)35(26,31)32)6-14(22)18(13)33-19-27-15-8-11(28(29)30)2-3-16(15)34-19/h1-8H,(H2,26,31,32). The van der Waals surface area contributed by atoms with Gasteiger partial charge in [-0.25, -0.2) is 18.5 Å². The highest BCUT2D eigenvalue weighted by Gasteiger charge is 2.32. The molecule has 0 bridgehead atoms. The van der Waals surface area contributed by atoms with E-state index in [0.717, 1.165) is 17.4 Å². The Morgan fingerprint density at radius 2 is 1.71 bits per heavy atom. The van der Waals surface area contributed by atoms with Gasteiger partial charge in [-0.2, -0.15) is 13.2 Å². The maximum Gasteiger partial charge on any atom is 0.416 e. The van der Waals surface area contributed by atoms with Gasteiger partial charge in [0.25, 0.3) is 10.9 Å². The normalized spacial score (nSPS) is 12.2. The van der Waals surface area contributed by atoms with Crippen LogP contribution in [0.4, 0.5) is 18.9 Å². The highest BCUT2D eigenvalue weighted by Crippen LogP contribution is 2.43. The first-order valence-corrected chi connectivity index (χ1v) is 12.3. The van der Waals surface area contributed by atoms with Crippen LogP contribution in [0.15, 0.2) is 53.4 Å². The van der Waals surface area contributed by atoms with Gasteiger partial charge in [-0.3, -0.25) is 10.1 Å². The van der Waals surface area contributed by atoms with E-state index >= 15 is 0 Å². The lowest BCUT2D eigenvalue weighted by Gasteiger charge is -2.15. The second kappa shape index (κ2) is 8.91. The van der Waals surface area contributed by atoms with E-state index in [1.807, 2.05) is 0 Å². The van der Waals surface area contributed by atoms with E-state index < -0.39 is 31.6 Å². The van der Waals surface area contributed by atoms with E-state index in [4.69, 9.17) is 33.1 Å². The number of nitrogens with two attached hydrogens (primary N) is 1. The smallest absolute Gasteiger partial charge is 0.416 e. The first-order valence-electron chi connectivity index (χ1n) is 9.20. The molecule has 4 aromatic rings. The number of hydrogen-bond acceptors (Lipinski definition) is 7. The van der Waals surface area contributed by atoms with Gasteiger partial charge in [0.1, 0.15) is 0 Å². The number of non-ortho nitro benzene ring substituents is 1. The molecule has 8 nitrogen and oxygen atoms in total. The number of sulfonamides is 1. The lowest BCUT2D eigenvalue weighted by molar-refractivity contribution is -0.384. The predicted molar refractivity (Wildman–Crippen MR) is 125 cm³/mol. The van der Waals surface area contributed by atoms with Crippen molar-refractivity contribution in [3.05, 3.63) is 74.3 Å². The summed E-state index contributed by atoms with van der Waals surface area (Å²) in [6.45, 7) is 0. The SMILES string of the molecule is NS(=O)(=O)c1ccc(C(F)(F)F)cc1-c1cc(Cl)c(Oc2nc3cc([N+](=O)[O-])ccc3s2)c(Cl)c1. The Bertz CT molecular complexity index is 1580. The molecule has 15 heteroatoms. The maximum absolute atomic E-state index is 13.2. The number of ether oxygens (including phenoxy) is 1.